The first-order valence-corrected chi connectivity index (χ1v) is 18.3. The first-order chi connectivity index (χ1) is 23.3. The van der Waals surface area contributed by atoms with Crippen molar-refractivity contribution in [3.8, 4) is 0 Å². The standard InChI is InChI=1S/C37H67NO9/c1-3-5-7-8-9-10-11-12-13-14-20-40-21-22-41-23-24-42-25-26-43-27-28-44-29-30-45-31-32-46-33-34-47-37(39)35-15-17-36(18-16-35)38-19-6-4-2/h15-18,38H,3-14,19-34H2,1-2H3. The van der Waals surface area contributed by atoms with Crippen LogP contribution in [0.25, 0.3) is 0 Å². The maximum Gasteiger partial charge on any atom is 0.338 e. The van der Waals surface area contributed by atoms with Gasteiger partial charge >= 0.3 is 5.97 Å². The van der Waals surface area contributed by atoms with Crippen LogP contribution in [-0.4, -0.2) is 112 Å². The number of nitrogens with one attached hydrogen (secondary N) is 1. The van der Waals surface area contributed by atoms with E-state index in [1.807, 2.05) is 12.1 Å². The molecule has 1 N–H and O–H groups in total. The number of ether oxygens (including phenoxy) is 8. The largest absolute Gasteiger partial charge is 0.460 e. The van der Waals surface area contributed by atoms with Gasteiger partial charge in [-0.05, 0) is 37.1 Å². The summed E-state index contributed by atoms with van der Waals surface area (Å²) in [5.41, 5.74) is 1.53. The normalized spacial score (nSPS) is 11.3. The van der Waals surface area contributed by atoms with E-state index >= 15 is 0 Å². The Bertz CT molecular complexity index is 782. The zero-order valence-corrected chi connectivity index (χ0v) is 29.8. The van der Waals surface area contributed by atoms with Gasteiger partial charge in [-0.15, -0.1) is 0 Å². The molecule has 10 heteroatoms. The molecular formula is C37H67NO9. The van der Waals surface area contributed by atoms with Gasteiger partial charge in [-0.2, -0.15) is 0 Å². The van der Waals surface area contributed by atoms with E-state index in [9.17, 15) is 4.79 Å². The van der Waals surface area contributed by atoms with Crippen molar-refractivity contribution < 1.29 is 42.7 Å². The third kappa shape index (κ3) is 30.0. The lowest BCUT2D eigenvalue weighted by Gasteiger charge is -2.09. The van der Waals surface area contributed by atoms with E-state index in [1.54, 1.807) is 12.1 Å². The highest BCUT2D eigenvalue weighted by atomic mass is 16.6. The van der Waals surface area contributed by atoms with Gasteiger partial charge in [-0.3, -0.25) is 0 Å². The number of carbonyl (C=O) groups excluding carboxylic acids is 1. The van der Waals surface area contributed by atoms with E-state index in [-0.39, 0.29) is 12.6 Å². The quantitative estimate of drug-likeness (QED) is 0.0583. The van der Waals surface area contributed by atoms with E-state index < -0.39 is 0 Å². The van der Waals surface area contributed by atoms with Crippen molar-refractivity contribution in [2.75, 3.05) is 111 Å². The van der Waals surface area contributed by atoms with Crippen molar-refractivity contribution in [3.05, 3.63) is 29.8 Å². The monoisotopic (exact) mass is 669 g/mol. The van der Waals surface area contributed by atoms with Gasteiger partial charge in [0, 0.05) is 18.8 Å². The van der Waals surface area contributed by atoms with Gasteiger partial charge in [-0.1, -0.05) is 78.1 Å². The fourth-order valence-corrected chi connectivity index (χ4v) is 4.52. The molecule has 47 heavy (non-hydrogen) atoms. The topological polar surface area (TPSA) is 103 Å². The molecule has 274 valence electrons. The summed E-state index contributed by atoms with van der Waals surface area (Å²) in [4.78, 5) is 12.1. The minimum Gasteiger partial charge on any atom is -0.460 e. The van der Waals surface area contributed by atoms with Crippen LogP contribution < -0.4 is 5.32 Å². The van der Waals surface area contributed by atoms with E-state index in [2.05, 4.69) is 19.2 Å². The zero-order valence-electron chi connectivity index (χ0n) is 29.8. The molecule has 0 aliphatic heterocycles. The number of hydrogen-bond donors (Lipinski definition) is 1. The van der Waals surface area contributed by atoms with Crippen molar-refractivity contribution in [2.45, 2.75) is 90.9 Å². The van der Waals surface area contributed by atoms with E-state index in [4.69, 9.17) is 37.9 Å². The highest BCUT2D eigenvalue weighted by molar-refractivity contribution is 5.89. The Labute approximate surface area is 285 Å². The summed E-state index contributed by atoms with van der Waals surface area (Å²) in [6.07, 6.45) is 15.7. The Morgan fingerprint density at radius 3 is 1.23 bits per heavy atom. The molecule has 0 atom stereocenters. The molecule has 0 aliphatic carbocycles. The van der Waals surface area contributed by atoms with Crippen LogP contribution in [0.1, 0.15) is 101 Å². The van der Waals surface area contributed by atoms with Crippen LogP contribution in [0.5, 0.6) is 0 Å². The van der Waals surface area contributed by atoms with Crippen LogP contribution in [0.15, 0.2) is 24.3 Å². The molecule has 1 aromatic rings. The van der Waals surface area contributed by atoms with Crippen LogP contribution >= 0.6 is 0 Å². The average Bonchev–Trinajstić information content (AvgIpc) is 3.09. The van der Waals surface area contributed by atoms with Gasteiger partial charge in [0.05, 0.1) is 91.5 Å². The minimum absolute atomic E-state index is 0.201. The highest BCUT2D eigenvalue weighted by Crippen LogP contribution is 2.12. The van der Waals surface area contributed by atoms with Gasteiger partial charge in [0.15, 0.2) is 0 Å². The van der Waals surface area contributed by atoms with E-state index in [0.29, 0.717) is 91.5 Å². The molecule has 0 saturated heterocycles. The summed E-state index contributed by atoms with van der Waals surface area (Å²) >= 11 is 0. The summed E-state index contributed by atoms with van der Waals surface area (Å²) in [6.45, 7) is 13.0. The fraction of sp³-hybridized carbons (Fsp3) is 0.811. The molecule has 1 rings (SSSR count). The Kier molecular flexibility index (Phi) is 32.7. The Balaban J connectivity index is 1.70. The average molecular weight is 670 g/mol. The molecule has 1 aromatic carbocycles. The van der Waals surface area contributed by atoms with Crippen molar-refractivity contribution in [1.29, 1.82) is 0 Å². The second kappa shape index (κ2) is 35.5. The number of benzene rings is 1. The third-order valence-electron chi connectivity index (χ3n) is 7.32. The van der Waals surface area contributed by atoms with Gasteiger partial charge in [0.2, 0.25) is 0 Å². The van der Waals surface area contributed by atoms with Gasteiger partial charge in [0.1, 0.15) is 6.61 Å². The number of hydrogen-bond acceptors (Lipinski definition) is 10. The SMILES string of the molecule is CCCCCCCCCCCCOCCOCCOCCOCCOCCOCCOCCOC(=O)c1ccc(NCCCC)cc1. The van der Waals surface area contributed by atoms with Crippen LogP contribution in [0.4, 0.5) is 5.69 Å². The summed E-state index contributed by atoms with van der Waals surface area (Å²) in [7, 11) is 0. The number of anilines is 1. The lowest BCUT2D eigenvalue weighted by Crippen LogP contribution is -2.15. The molecule has 0 spiro atoms. The molecule has 0 heterocycles. The van der Waals surface area contributed by atoms with Crippen molar-refractivity contribution in [1.82, 2.24) is 0 Å². The lowest BCUT2D eigenvalue weighted by atomic mass is 10.1. The smallest absolute Gasteiger partial charge is 0.338 e. The molecule has 0 radical (unpaired) electrons. The number of carbonyl (C=O) groups is 1. The first kappa shape index (κ1) is 43.2. The summed E-state index contributed by atoms with van der Waals surface area (Å²) in [5.74, 6) is -0.352. The Morgan fingerprint density at radius 1 is 0.447 bits per heavy atom. The van der Waals surface area contributed by atoms with Crippen molar-refractivity contribution in [2.24, 2.45) is 0 Å². The van der Waals surface area contributed by atoms with Crippen LogP contribution in [0.2, 0.25) is 0 Å². The van der Waals surface area contributed by atoms with Crippen molar-refractivity contribution in [3.63, 3.8) is 0 Å². The van der Waals surface area contributed by atoms with Crippen LogP contribution in [-0.2, 0) is 37.9 Å². The third-order valence-corrected chi connectivity index (χ3v) is 7.32. The summed E-state index contributed by atoms with van der Waals surface area (Å²) in [5, 5.41) is 3.32. The van der Waals surface area contributed by atoms with Crippen molar-refractivity contribution >= 4 is 11.7 Å². The maximum atomic E-state index is 12.1. The number of esters is 1. The maximum absolute atomic E-state index is 12.1. The summed E-state index contributed by atoms with van der Waals surface area (Å²) < 4.78 is 43.9. The number of unbranched alkanes of at least 4 members (excludes halogenated alkanes) is 10. The zero-order chi connectivity index (χ0) is 33.7. The van der Waals surface area contributed by atoms with Gasteiger partial charge in [-0.25, -0.2) is 4.79 Å². The van der Waals surface area contributed by atoms with Gasteiger partial charge in [0.25, 0.3) is 0 Å². The molecule has 0 saturated carbocycles. The predicted octanol–water partition coefficient (Wildman–Crippen LogP) is 7.09. The Morgan fingerprint density at radius 2 is 0.809 bits per heavy atom. The molecular weight excluding hydrogens is 602 g/mol. The molecule has 10 nitrogen and oxygen atoms in total. The second-order valence-electron chi connectivity index (χ2n) is 11.5. The minimum atomic E-state index is -0.352. The molecule has 0 unspecified atom stereocenters. The van der Waals surface area contributed by atoms with E-state index in [0.717, 1.165) is 38.1 Å². The second-order valence-corrected chi connectivity index (χ2v) is 11.5. The van der Waals surface area contributed by atoms with Gasteiger partial charge < -0.3 is 43.2 Å². The van der Waals surface area contributed by atoms with E-state index in [1.165, 1.54) is 57.8 Å². The molecule has 0 fully saturated rings. The summed E-state index contributed by atoms with van der Waals surface area (Å²) in [6, 6.07) is 7.32. The van der Waals surface area contributed by atoms with Crippen LogP contribution in [0, 0.1) is 0 Å². The highest BCUT2D eigenvalue weighted by Gasteiger charge is 2.06. The lowest BCUT2D eigenvalue weighted by molar-refractivity contribution is -0.0223. The molecule has 0 bridgehead atoms. The predicted molar refractivity (Wildman–Crippen MR) is 188 cm³/mol. The number of rotatable bonds is 37. The molecule has 0 aromatic heterocycles. The fourth-order valence-electron chi connectivity index (χ4n) is 4.52. The molecule has 0 aliphatic rings. The molecule has 0 amide bonds. The Hall–Kier alpha value is -1.79. The first-order valence-electron chi connectivity index (χ1n) is 18.3. The van der Waals surface area contributed by atoms with Crippen LogP contribution in [0.3, 0.4) is 0 Å².